The molecule has 3 heteroatoms. The van der Waals surface area contributed by atoms with Gasteiger partial charge in [0.25, 0.3) is 0 Å². The number of nitrogens with zero attached hydrogens (tertiary/aromatic N) is 1. The SMILES string of the molecule is Cc1cccnc1NCC1CCSCC1. The molecule has 2 rings (SSSR count). The lowest BCUT2D eigenvalue weighted by molar-refractivity contribution is 0.515. The third-order valence-electron chi connectivity index (χ3n) is 2.91. The minimum absolute atomic E-state index is 0.840. The summed E-state index contributed by atoms with van der Waals surface area (Å²) < 4.78 is 0. The van der Waals surface area contributed by atoms with Gasteiger partial charge in [-0.1, -0.05) is 6.07 Å². The average Bonchev–Trinajstić information content (AvgIpc) is 2.29. The molecular formula is C12H18N2S. The van der Waals surface area contributed by atoms with Crippen LogP contribution in [-0.2, 0) is 0 Å². The van der Waals surface area contributed by atoms with Gasteiger partial charge in [0, 0.05) is 12.7 Å². The molecule has 1 aromatic heterocycles. The fourth-order valence-electron chi connectivity index (χ4n) is 1.86. The first-order valence-electron chi connectivity index (χ1n) is 5.59. The zero-order valence-corrected chi connectivity index (χ0v) is 10.0. The minimum atomic E-state index is 0.840. The van der Waals surface area contributed by atoms with Crippen molar-refractivity contribution >= 4 is 17.6 Å². The zero-order chi connectivity index (χ0) is 10.5. The van der Waals surface area contributed by atoms with E-state index in [1.54, 1.807) is 0 Å². The number of anilines is 1. The van der Waals surface area contributed by atoms with Crippen LogP contribution in [-0.4, -0.2) is 23.0 Å². The molecule has 1 aliphatic rings. The van der Waals surface area contributed by atoms with Gasteiger partial charge in [-0.05, 0) is 48.8 Å². The third-order valence-corrected chi connectivity index (χ3v) is 3.96. The van der Waals surface area contributed by atoms with Gasteiger partial charge < -0.3 is 5.32 Å². The predicted octanol–water partition coefficient (Wildman–Crippen LogP) is 2.95. The second kappa shape index (κ2) is 5.40. The van der Waals surface area contributed by atoms with Crippen molar-refractivity contribution in [1.82, 2.24) is 4.98 Å². The topological polar surface area (TPSA) is 24.9 Å². The molecule has 2 nitrogen and oxygen atoms in total. The van der Waals surface area contributed by atoms with Crippen LogP contribution in [0.3, 0.4) is 0 Å². The molecule has 0 atom stereocenters. The molecule has 0 aliphatic carbocycles. The van der Waals surface area contributed by atoms with Gasteiger partial charge in [-0.3, -0.25) is 0 Å². The van der Waals surface area contributed by atoms with Crippen molar-refractivity contribution in [3.8, 4) is 0 Å². The Labute approximate surface area is 95.9 Å². The summed E-state index contributed by atoms with van der Waals surface area (Å²) in [6.45, 7) is 3.18. The Morgan fingerprint density at radius 3 is 3.00 bits per heavy atom. The van der Waals surface area contributed by atoms with Crippen LogP contribution in [0.5, 0.6) is 0 Å². The van der Waals surface area contributed by atoms with Gasteiger partial charge >= 0.3 is 0 Å². The first kappa shape index (κ1) is 10.8. The van der Waals surface area contributed by atoms with Gasteiger partial charge in [0.05, 0.1) is 0 Å². The lowest BCUT2D eigenvalue weighted by atomic mass is 10.0. The largest absolute Gasteiger partial charge is 0.370 e. The normalized spacial score (nSPS) is 17.7. The smallest absolute Gasteiger partial charge is 0.128 e. The van der Waals surface area contributed by atoms with Crippen molar-refractivity contribution in [3.63, 3.8) is 0 Å². The van der Waals surface area contributed by atoms with Crippen molar-refractivity contribution in [2.75, 3.05) is 23.4 Å². The maximum atomic E-state index is 4.35. The monoisotopic (exact) mass is 222 g/mol. The predicted molar refractivity (Wildman–Crippen MR) is 67.5 cm³/mol. The van der Waals surface area contributed by atoms with Crippen LogP contribution < -0.4 is 5.32 Å². The van der Waals surface area contributed by atoms with Crippen LogP contribution >= 0.6 is 11.8 Å². The van der Waals surface area contributed by atoms with Crippen molar-refractivity contribution in [1.29, 1.82) is 0 Å². The highest BCUT2D eigenvalue weighted by atomic mass is 32.2. The molecule has 0 saturated carbocycles. The Morgan fingerprint density at radius 2 is 2.27 bits per heavy atom. The molecule has 1 saturated heterocycles. The molecule has 0 spiro atoms. The number of aryl methyl sites for hydroxylation is 1. The fourth-order valence-corrected chi connectivity index (χ4v) is 3.07. The highest BCUT2D eigenvalue weighted by molar-refractivity contribution is 7.99. The Morgan fingerprint density at radius 1 is 1.47 bits per heavy atom. The lowest BCUT2D eigenvalue weighted by Gasteiger charge is -2.22. The molecule has 1 fully saturated rings. The van der Waals surface area contributed by atoms with Gasteiger partial charge in [0.1, 0.15) is 5.82 Å². The standard InChI is InChI=1S/C12H18N2S/c1-10-3-2-6-13-12(10)14-9-11-4-7-15-8-5-11/h2-3,6,11H,4-5,7-9H2,1H3,(H,13,14). The molecule has 82 valence electrons. The summed E-state index contributed by atoms with van der Waals surface area (Å²) in [5, 5.41) is 3.46. The number of hydrogen-bond acceptors (Lipinski definition) is 3. The van der Waals surface area contributed by atoms with Crippen LogP contribution in [0.25, 0.3) is 0 Å². The second-order valence-electron chi connectivity index (χ2n) is 4.11. The van der Waals surface area contributed by atoms with Gasteiger partial charge in [-0.25, -0.2) is 4.98 Å². The number of thioether (sulfide) groups is 1. The molecule has 1 N–H and O–H groups in total. The van der Waals surface area contributed by atoms with Crippen LogP contribution in [0, 0.1) is 12.8 Å². The van der Waals surface area contributed by atoms with Crippen molar-refractivity contribution in [3.05, 3.63) is 23.9 Å². The number of hydrogen-bond donors (Lipinski definition) is 1. The van der Waals surface area contributed by atoms with Crippen molar-refractivity contribution in [2.24, 2.45) is 5.92 Å². The quantitative estimate of drug-likeness (QED) is 0.851. The van der Waals surface area contributed by atoms with E-state index in [0.717, 1.165) is 18.3 Å². The zero-order valence-electron chi connectivity index (χ0n) is 9.20. The summed E-state index contributed by atoms with van der Waals surface area (Å²) in [6, 6.07) is 4.09. The van der Waals surface area contributed by atoms with Crippen LogP contribution in [0.2, 0.25) is 0 Å². The van der Waals surface area contributed by atoms with E-state index in [1.165, 1.54) is 29.9 Å². The summed E-state index contributed by atoms with van der Waals surface area (Å²) in [6.07, 6.45) is 4.55. The molecule has 2 heterocycles. The maximum absolute atomic E-state index is 4.35. The maximum Gasteiger partial charge on any atom is 0.128 e. The van der Waals surface area contributed by atoms with E-state index in [9.17, 15) is 0 Å². The molecule has 0 radical (unpaired) electrons. The third kappa shape index (κ3) is 3.13. The molecule has 0 aromatic carbocycles. The van der Waals surface area contributed by atoms with Crippen LogP contribution in [0.15, 0.2) is 18.3 Å². The molecule has 0 amide bonds. The van der Waals surface area contributed by atoms with Crippen molar-refractivity contribution in [2.45, 2.75) is 19.8 Å². The van der Waals surface area contributed by atoms with Crippen molar-refractivity contribution < 1.29 is 0 Å². The first-order valence-corrected chi connectivity index (χ1v) is 6.75. The van der Waals surface area contributed by atoms with E-state index in [-0.39, 0.29) is 0 Å². The highest BCUT2D eigenvalue weighted by Gasteiger charge is 2.13. The van der Waals surface area contributed by atoms with E-state index in [0.29, 0.717) is 0 Å². The summed E-state index contributed by atoms with van der Waals surface area (Å²) in [5.41, 5.74) is 1.24. The van der Waals surface area contributed by atoms with E-state index in [2.05, 4.69) is 35.1 Å². The van der Waals surface area contributed by atoms with Gasteiger partial charge in [-0.15, -0.1) is 0 Å². The molecule has 0 unspecified atom stereocenters. The van der Waals surface area contributed by atoms with Gasteiger partial charge in [0.15, 0.2) is 0 Å². The summed E-state index contributed by atoms with van der Waals surface area (Å²) in [4.78, 5) is 4.35. The molecule has 0 bridgehead atoms. The number of pyridine rings is 1. The molecular weight excluding hydrogens is 204 g/mol. The Kier molecular flexibility index (Phi) is 3.89. The van der Waals surface area contributed by atoms with E-state index >= 15 is 0 Å². The van der Waals surface area contributed by atoms with E-state index < -0.39 is 0 Å². The van der Waals surface area contributed by atoms with E-state index in [4.69, 9.17) is 0 Å². The second-order valence-corrected chi connectivity index (χ2v) is 5.33. The summed E-state index contributed by atoms with van der Waals surface area (Å²) in [7, 11) is 0. The lowest BCUT2D eigenvalue weighted by Crippen LogP contribution is -2.19. The van der Waals surface area contributed by atoms with Crippen LogP contribution in [0.4, 0.5) is 5.82 Å². The highest BCUT2D eigenvalue weighted by Crippen LogP contribution is 2.23. The number of nitrogens with one attached hydrogen (secondary N) is 1. The molecule has 15 heavy (non-hydrogen) atoms. The Balaban J connectivity index is 1.84. The Bertz CT molecular complexity index is 308. The number of aromatic nitrogens is 1. The minimum Gasteiger partial charge on any atom is -0.370 e. The first-order chi connectivity index (χ1) is 7.36. The summed E-state index contributed by atoms with van der Waals surface area (Å²) in [5.74, 6) is 4.55. The van der Waals surface area contributed by atoms with Gasteiger partial charge in [0.2, 0.25) is 0 Å². The Hall–Kier alpha value is -0.700. The molecule has 1 aromatic rings. The molecule has 1 aliphatic heterocycles. The summed E-state index contributed by atoms with van der Waals surface area (Å²) >= 11 is 2.08. The fraction of sp³-hybridized carbons (Fsp3) is 0.583. The van der Waals surface area contributed by atoms with Crippen LogP contribution in [0.1, 0.15) is 18.4 Å². The van der Waals surface area contributed by atoms with Gasteiger partial charge in [-0.2, -0.15) is 11.8 Å². The van der Waals surface area contributed by atoms with E-state index in [1.807, 2.05) is 12.3 Å². The average molecular weight is 222 g/mol. The number of rotatable bonds is 3.